The average molecular weight is 179 g/mol. The van der Waals surface area contributed by atoms with Crippen molar-refractivity contribution in [2.45, 2.75) is 58.3 Å². The van der Waals surface area contributed by atoms with Crippen LogP contribution in [0.25, 0.3) is 0 Å². The molecule has 0 aliphatic rings. The second-order valence-electron chi connectivity index (χ2n) is 3.08. The number of hydrogen-bond donors (Lipinski definition) is 0. The van der Waals surface area contributed by atoms with E-state index in [4.69, 9.17) is 0 Å². The van der Waals surface area contributed by atoms with E-state index in [1.165, 1.54) is 38.5 Å². The molecule has 0 atom stereocenters. The maximum absolute atomic E-state index is 9.94. The maximum Gasteiger partial charge on any atom is 0.119 e. The molecule has 1 nitrogen and oxygen atoms in total. The molecule has 1 radical (unpaired) electrons. The summed E-state index contributed by atoms with van der Waals surface area (Å²) in [7, 11) is 0. The van der Waals surface area contributed by atoms with E-state index in [-0.39, 0.29) is 29.6 Å². The van der Waals surface area contributed by atoms with Gasteiger partial charge in [-0.25, -0.2) is 0 Å². The van der Waals surface area contributed by atoms with Gasteiger partial charge in [0.15, 0.2) is 0 Å². The summed E-state index contributed by atoms with van der Waals surface area (Å²) in [5.74, 6) is 0. The SMILES string of the molecule is CCCCCCCCCC=O.[Na]. The first-order valence-electron chi connectivity index (χ1n) is 4.85. The van der Waals surface area contributed by atoms with E-state index in [0.29, 0.717) is 0 Å². The zero-order valence-corrected chi connectivity index (χ0v) is 10.6. The van der Waals surface area contributed by atoms with Gasteiger partial charge in [-0.05, 0) is 6.42 Å². The van der Waals surface area contributed by atoms with Gasteiger partial charge in [-0.15, -0.1) is 0 Å². The van der Waals surface area contributed by atoms with Crippen LogP contribution in [0.1, 0.15) is 58.3 Å². The molecule has 67 valence electrons. The summed E-state index contributed by atoms with van der Waals surface area (Å²) >= 11 is 0. The third kappa shape index (κ3) is 13.3. The van der Waals surface area contributed by atoms with Crippen LogP contribution in [-0.4, -0.2) is 35.8 Å². The second-order valence-corrected chi connectivity index (χ2v) is 3.08. The first-order chi connectivity index (χ1) is 5.41. The van der Waals surface area contributed by atoms with Crippen molar-refractivity contribution >= 4 is 35.8 Å². The standard InChI is InChI=1S/C10H20O.Na/c1-2-3-4-5-6-7-8-9-10-11;/h10H,2-9H2,1H3;. The molecule has 0 heterocycles. The number of carbonyl (C=O) groups excluding carboxylic acids is 1. The quantitative estimate of drug-likeness (QED) is 0.318. The van der Waals surface area contributed by atoms with Crippen LogP contribution in [0.15, 0.2) is 0 Å². The van der Waals surface area contributed by atoms with Crippen LogP contribution >= 0.6 is 0 Å². The van der Waals surface area contributed by atoms with E-state index in [0.717, 1.165) is 19.1 Å². The van der Waals surface area contributed by atoms with E-state index in [1.807, 2.05) is 0 Å². The Morgan fingerprint density at radius 1 is 0.917 bits per heavy atom. The Kier molecular flexibility index (Phi) is 17.9. The molecule has 0 aromatic rings. The summed E-state index contributed by atoms with van der Waals surface area (Å²) in [4.78, 5) is 9.94. The summed E-state index contributed by atoms with van der Waals surface area (Å²) in [6, 6.07) is 0. The van der Waals surface area contributed by atoms with Crippen LogP contribution in [0.2, 0.25) is 0 Å². The Morgan fingerprint density at radius 2 is 1.42 bits per heavy atom. The van der Waals surface area contributed by atoms with E-state index in [1.54, 1.807) is 0 Å². The minimum Gasteiger partial charge on any atom is -0.303 e. The van der Waals surface area contributed by atoms with E-state index in [9.17, 15) is 4.79 Å². The summed E-state index contributed by atoms with van der Waals surface area (Å²) < 4.78 is 0. The van der Waals surface area contributed by atoms with Gasteiger partial charge in [0, 0.05) is 36.0 Å². The monoisotopic (exact) mass is 179 g/mol. The van der Waals surface area contributed by atoms with Gasteiger partial charge in [-0.3, -0.25) is 0 Å². The van der Waals surface area contributed by atoms with Crippen molar-refractivity contribution in [3.63, 3.8) is 0 Å². The molecule has 0 rings (SSSR count). The first kappa shape index (κ1) is 15.2. The number of rotatable bonds is 8. The van der Waals surface area contributed by atoms with Crippen LogP contribution in [0.3, 0.4) is 0 Å². The van der Waals surface area contributed by atoms with Crippen LogP contribution in [0.5, 0.6) is 0 Å². The Morgan fingerprint density at radius 3 is 1.92 bits per heavy atom. The molecule has 0 fully saturated rings. The van der Waals surface area contributed by atoms with E-state index < -0.39 is 0 Å². The molecule has 0 unspecified atom stereocenters. The molecule has 0 aromatic heterocycles. The van der Waals surface area contributed by atoms with E-state index >= 15 is 0 Å². The van der Waals surface area contributed by atoms with E-state index in [2.05, 4.69) is 6.92 Å². The molecule has 0 amide bonds. The largest absolute Gasteiger partial charge is 0.303 e. The number of hydrogen-bond acceptors (Lipinski definition) is 1. The van der Waals surface area contributed by atoms with Crippen molar-refractivity contribution in [2.75, 3.05) is 0 Å². The van der Waals surface area contributed by atoms with Crippen LogP contribution in [0.4, 0.5) is 0 Å². The van der Waals surface area contributed by atoms with Gasteiger partial charge < -0.3 is 4.79 Å². The van der Waals surface area contributed by atoms with Gasteiger partial charge in [0.05, 0.1) is 0 Å². The first-order valence-corrected chi connectivity index (χ1v) is 4.85. The molecule has 0 aliphatic carbocycles. The molecule has 0 aliphatic heterocycles. The van der Waals surface area contributed by atoms with Crippen LogP contribution in [-0.2, 0) is 4.79 Å². The Hall–Kier alpha value is 0.670. The molecule has 12 heavy (non-hydrogen) atoms. The van der Waals surface area contributed by atoms with Crippen molar-refractivity contribution in [3.8, 4) is 0 Å². The molecular formula is C10H20NaO. The molecule has 2 heteroatoms. The summed E-state index contributed by atoms with van der Waals surface area (Å²) in [6.45, 7) is 2.23. The number of unbranched alkanes of at least 4 members (excludes halogenated alkanes) is 7. The fourth-order valence-corrected chi connectivity index (χ4v) is 1.18. The summed E-state index contributed by atoms with van der Waals surface area (Å²) in [6.07, 6.45) is 10.8. The van der Waals surface area contributed by atoms with Gasteiger partial charge in [0.25, 0.3) is 0 Å². The molecule has 0 spiro atoms. The second kappa shape index (κ2) is 14.2. The number of carbonyl (C=O) groups is 1. The van der Waals surface area contributed by atoms with Crippen LogP contribution in [0, 0.1) is 0 Å². The molecular weight excluding hydrogens is 159 g/mol. The molecule has 0 aromatic carbocycles. The van der Waals surface area contributed by atoms with Gasteiger partial charge in [0.1, 0.15) is 6.29 Å². The van der Waals surface area contributed by atoms with Crippen LogP contribution < -0.4 is 0 Å². The topological polar surface area (TPSA) is 17.1 Å². The van der Waals surface area contributed by atoms with Gasteiger partial charge in [-0.2, -0.15) is 0 Å². The maximum atomic E-state index is 9.94. The minimum atomic E-state index is 0. The number of aldehydes is 1. The molecule has 0 saturated heterocycles. The molecule has 0 N–H and O–H groups in total. The normalized spacial score (nSPS) is 9.08. The van der Waals surface area contributed by atoms with Gasteiger partial charge >= 0.3 is 0 Å². The zero-order chi connectivity index (χ0) is 8.36. The van der Waals surface area contributed by atoms with Gasteiger partial charge in [-0.1, -0.05) is 45.4 Å². The van der Waals surface area contributed by atoms with Crippen molar-refractivity contribution < 1.29 is 4.79 Å². The molecule has 0 saturated carbocycles. The summed E-state index contributed by atoms with van der Waals surface area (Å²) in [5.41, 5.74) is 0. The van der Waals surface area contributed by atoms with Crippen molar-refractivity contribution in [1.82, 2.24) is 0 Å². The fraction of sp³-hybridized carbons (Fsp3) is 0.900. The molecule has 0 bridgehead atoms. The third-order valence-electron chi connectivity index (χ3n) is 1.93. The van der Waals surface area contributed by atoms with Gasteiger partial charge in [0.2, 0.25) is 0 Å². The zero-order valence-electron chi connectivity index (χ0n) is 8.64. The minimum absolute atomic E-state index is 0. The van der Waals surface area contributed by atoms with Crippen molar-refractivity contribution in [2.24, 2.45) is 0 Å². The average Bonchev–Trinajstić information content (AvgIpc) is 2.03. The van der Waals surface area contributed by atoms with Crippen molar-refractivity contribution in [3.05, 3.63) is 0 Å². The predicted molar refractivity (Wildman–Crippen MR) is 54.4 cm³/mol. The summed E-state index contributed by atoms with van der Waals surface area (Å²) in [5, 5.41) is 0. The fourth-order valence-electron chi connectivity index (χ4n) is 1.18. The smallest absolute Gasteiger partial charge is 0.119 e. The Bertz CT molecular complexity index is 83.9. The Labute approximate surface area is 98.6 Å². The Balaban J connectivity index is 0. The predicted octanol–water partition coefficient (Wildman–Crippen LogP) is 2.95. The third-order valence-corrected chi connectivity index (χ3v) is 1.93. The van der Waals surface area contributed by atoms with Crippen molar-refractivity contribution in [1.29, 1.82) is 0 Å².